The molecule has 0 fully saturated rings. The second kappa shape index (κ2) is 12.5. The molecule has 0 aliphatic heterocycles. The smallest absolute Gasteiger partial charge is 0.0619 e. The molecule has 1 heterocycles. The van der Waals surface area contributed by atoms with E-state index < -0.39 is 0 Å². The predicted molar refractivity (Wildman–Crippen MR) is 221 cm³/mol. The highest BCUT2D eigenvalue weighted by Crippen LogP contribution is 2.40. The summed E-state index contributed by atoms with van der Waals surface area (Å²) in [6.45, 7) is 0. The first kappa shape index (κ1) is 30.0. The molecule has 0 unspecified atom stereocenters. The standard InChI is InChI=1S/C50H34N2/c1-2-10-35(11-3-1)37-20-25-42(26-21-37)51(43-27-22-38(23-28-43)41-19-18-36-12-4-5-14-40(36)34-41)44-29-31-45(32-30-44)52-49-17-9-8-16-47(49)48-33-24-39-13-6-7-15-46(39)50(48)52/h1-34H. The van der Waals surface area contributed by atoms with Crippen molar-refractivity contribution in [2.45, 2.75) is 0 Å². The zero-order valence-corrected chi connectivity index (χ0v) is 28.5. The first-order valence-electron chi connectivity index (χ1n) is 17.8. The van der Waals surface area contributed by atoms with Gasteiger partial charge in [0.1, 0.15) is 0 Å². The summed E-state index contributed by atoms with van der Waals surface area (Å²) in [5.41, 5.74) is 11.7. The molecule has 0 N–H and O–H groups in total. The number of para-hydroxylation sites is 1. The number of anilines is 3. The van der Waals surface area contributed by atoms with E-state index >= 15 is 0 Å². The molecule has 0 spiro atoms. The zero-order chi connectivity index (χ0) is 34.4. The monoisotopic (exact) mass is 662 g/mol. The van der Waals surface area contributed by atoms with Crippen LogP contribution in [-0.4, -0.2) is 4.57 Å². The van der Waals surface area contributed by atoms with Gasteiger partial charge in [0.15, 0.2) is 0 Å². The molecule has 0 aliphatic rings. The number of fused-ring (bicyclic) bond motifs is 6. The third-order valence-electron chi connectivity index (χ3n) is 10.4. The van der Waals surface area contributed by atoms with Crippen LogP contribution in [-0.2, 0) is 0 Å². The third kappa shape index (κ3) is 5.12. The van der Waals surface area contributed by atoms with Gasteiger partial charge in [-0.3, -0.25) is 0 Å². The summed E-state index contributed by atoms with van der Waals surface area (Å²) in [5, 5.41) is 7.54. The highest BCUT2D eigenvalue weighted by molar-refractivity contribution is 6.18. The maximum atomic E-state index is 2.42. The molecule has 2 heteroatoms. The molecule has 0 amide bonds. The lowest BCUT2D eigenvalue weighted by atomic mass is 10.0. The second-order valence-electron chi connectivity index (χ2n) is 13.4. The lowest BCUT2D eigenvalue weighted by Gasteiger charge is -2.26. The van der Waals surface area contributed by atoms with Crippen molar-refractivity contribution in [1.29, 1.82) is 0 Å². The molecule has 10 rings (SSSR count). The van der Waals surface area contributed by atoms with E-state index in [1.165, 1.54) is 65.6 Å². The lowest BCUT2D eigenvalue weighted by Crippen LogP contribution is -2.10. The normalized spacial score (nSPS) is 11.5. The van der Waals surface area contributed by atoms with Gasteiger partial charge in [0.2, 0.25) is 0 Å². The van der Waals surface area contributed by atoms with E-state index in [9.17, 15) is 0 Å². The van der Waals surface area contributed by atoms with E-state index in [2.05, 4.69) is 216 Å². The molecule has 0 aliphatic carbocycles. The van der Waals surface area contributed by atoms with Gasteiger partial charge in [-0.25, -0.2) is 0 Å². The van der Waals surface area contributed by atoms with Crippen LogP contribution < -0.4 is 4.90 Å². The van der Waals surface area contributed by atoms with Crippen LogP contribution in [0.25, 0.3) is 71.3 Å². The van der Waals surface area contributed by atoms with Gasteiger partial charge in [0, 0.05) is 38.9 Å². The Bertz CT molecular complexity index is 2870. The van der Waals surface area contributed by atoms with Crippen molar-refractivity contribution >= 4 is 60.4 Å². The Morgan fingerprint density at radius 1 is 0.308 bits per heavy atom. The summed E-state index contributed by atoms with van der Waals surface area (Å²) in [4.78, 5) is 2.35. The number of benzene rings is 9. The van der Waals surface area contributed by atoms with Gasteiger partial charge in [0.05, 0.1) is 11.0 Å². The van der Waals surface area contributed by atoms with Crippen LogP contribution in [0.4, 0.5) is 17.1 Å². The van der Waals surface area contributed by atoms with Crippen molar-refractivity contribution in [2.24, 2.45) is 0 Å². The fraction of sp³-hybridized carbons (Fsp3) is 0. The Hall–Kier alpha value is -6.90. The van der Waals surface area contributed by atoms with Crippen molar-refractivity contribution in [3.05, 3.63) is 206 Å². The summed E-state index contributed by atoms with van der Waals surface area (Å²) in [7, 11) is 0. The van der Waals surface area contributed by atoms with E-state index in [-0.39, 0.29) is 0 Å². The fourth-order valence-electron chi connectivity index (χ4n) is 7.80. The van der Waals surface area contributed by atoms with E-state index in [0.29, 0.717) is 0 Å². The van der Waals surface area contributed by atoms with Gasteiger partial charge in [-0.05, 0) is 99.1 Å². The van der Waals surface area contributed by atoms with Crippen molar-refractivity contribution in [2.75, 3.05) is 4.90 Å². The maximum Gasteiger partial charge on any atom is 0.0619 e. The van der Waals surface area contributed by atoms with Gasteiger partial charge < -0.3 is 9.47 Å². The number of nitrogens with zero attached hydrogens (tertiary/aromatic N) is 2. The van der Waals surface area contributed by atoms with Gasteiger partial charge in [-0.15, -0.1) is 0 Å². The fourth-order valence-corrected chi connectivity index (χ4v) is 7.80. The average Bonchev–Trinajstić information content (AvgIpc) is 3.57. The Balaban J connectivity index is 1.09. The molecule has 244 valence electrons. The molecule has 0 saturated heterocycles. The molecular weight excluding hydrogens is 629 g/mol. The van der Waals surface area contributed by atoms with E-state index in [1.54, 1.807) is 0 Å². The predicted octanol–water partition coefficient (Wildman–Crippen LogP) is 13.9. The molecule has 0 bridgehead atoms. The molecular formula is C50H34N2. The molecule has 0 radical (unpaired) electrons. The highest BCUT2D eigenvalue weighted by Gasteiger charge is 2.17. The second-order valence-corrected chi connectivity index (χ2v) is 13.4. The SMILES string of the molecule is c1ccc(-c2ccc(N(c3ccc(-c4ccc5ccccc5c4)cc3)c3ccc(-n4c5ccccc5c5ccc6ccccc6c54)cc3)cc2)cc1. The summed E-state index contributed by atoms with van der Waals surface area (Å²) in [6.07, 6.45) is 0. The van der Waals surface area contributed by atoms with Crippen LogP contribution in [0.5, 0.6) is 0 Å². The quantitative estimate of drug-likeness (QED) is 0.172. The van der Waals surface area contributed by atoms with Crippen LogP contribution in [0, 0.1) is 0 Å². The summed E-state index contributed by atoms with van der Waals surface area (Å²) < 4.78 is 2.42. The Morgan fingerprint density at radius 2 is 0.808 bits per heavy atom. The Kier molecular flexibility index (Phi) is 7.18. The molecule has 9 aromatic carbocycles. The molecule has 2 nitrogen and oxygen atoms in total. The first-order valence-corrected chi connectivity index (χ1v) is 17.8. The molecule has 0 atom stereocenters. The minimum Gasteiger partial charge on any atom is -0.311 e. The largest absolute Gasteiger partial charge is 0.311 e. The number of hydrogen-bond donors (Lipinski definition) is 0. The van der Waals surface area contributed by atoms with Crippen molar-refractivity contribution in [3.63, 3.8) is 0 Å². The highest BCUT2D eigenvalue weighted by atomic mass is 15.1. The molecule has 10 aromatic rings. The van der Waals surface area contributed by atoms with Gasteiger partial charge in [-0.2, -0.15) is 0 Å². The van der Waals surface area contributed by atoms with Crippen LogP contribution in [0.15, 0.2) is 206 Å². The van der Waals surface area contributed by atoms with Crippen molar-refractivity contribution in [3.8, 4) is 27.9 Å². The number of rotatable bonds is 6. The third-order valence-corrected chi connectivity index (χ3v) is 10.4. The summed E-state index contributed by atoms with van der Waals surface area (Å²) >= 11 is 0. The lowest BCUT2D eigenvalue weighted by molar-refractivity contribution is 1.18. The van der Waals surface area contributed by atoms with Crippen LogP contribution in [0.3, 0.4) is 0 Å². The molecule has 52 heavy (non-hydrogen) atoms. The van der Waals surface area contributed by atoms with Gasteiger partial charge >= 0.3 is 0 Å². The van der Waals surface area contributed by atoms with E-state index in [0.717, 1.165) is 22.7 Å². The van der Waals surface area contributed by atoms with Crippen molar-refractivity contribution < 1.29 is 0 Å². The minimum absolute atomic E-state index is 1.10. The maximum absolute atomic E-state index is 2.42. The zero-order valence-electron chi connectivity index (χ0n) is 28.5. The van der Waals surface area contributed by atoms with Crippen molar-refractivity contribution in [1.82, 2.24) is 4.57 Å². The number of hydrogen-bond acceptors (Lipinski definition) is 1. The minimum atomic E-state index is 1.10. The molecule has 1 aromatic heterocycles. The Labute approximate surface area is 303 Å². The summed E-state index contributed by atoms with van der Waals surface area (Å²) in [5.74, 6) is 0. The first-order chi connectivity index (χ1) is 25.8. The van der Waals surface area contributed by atoms with E-state index in [4.69, 9.17) is 0 Å². The average molecular weight is 663 g/mol. The van der Waals surface area contributed by atoms with Crippen LogP contribution >= 0.6 is 0 Å². The Morgan fingerprint density at radius 3 is 1.52 bits per heavy atom. The summed E-state index contributed by atoms with van der Waals surface area (Å²) in [6, 6.07) is 74.6. The van der Waals surface area contributed by atoms with E-state index in [1.807, 2.05) is 0 Å². The topological polar surface area (TPSA) is 8.17 Å². The van der Waals surface area contributed by atoms with Crippen LogP contribution in [0.1, 0.15) is 0 Å². The van der Waals surface area contributed by atoms with Crippen LogP contribution in [0.2, 0.25) is 0 Å². The molecule has 0 saturated carbocycles. The van der Waals surface area contributed by atoms with Gasteiger partial charge in [0.25, 0.3) is 0 Å². The van der Waals surface area contributed by atoms with Gasteiger partial charge in [-0.1, -0.05) is 146 Å². The number of aromatic nitrogens is 1.